The van der Waals surface area contributed by atoms with Gasteiger partial charge in [-0.2, -0.15) is 0 Å². The molecular formula is C26H28O15. The van der Waals surface area contributed by atoms with E-state index in [0.29, 0.717) is 0 Å². The summed E-state index contributed by atoms with van der Waals surface area (Å²) in [4.78, 5) is 13.7. The molecule has 3 heterocycles. The van der Waals surface area contributed by atoms with Gasteiger partial charge in [0.2, 0.25) is 17.5 Å². The van der Waals surface area contributed by atoms with Gasteiger partial charge in [0.15, 0.2) is 29.7 Å². The lowest BCUT2D eigenvalue weighted by atomic mass is 9.99. The van der Waals surface area contributed by atoms with Crippen molar-refractivity contribution in [2.75, 3.05) is 6.61 Å². The lowest BCUT2D eigenvalue weighted by Gasteiger charge is -2.44. The van der Waals surface area contributed by atoms with Crippen LogP contribution in [0.15, 0.2) is 39.5 Å². The van der Waals surface area contributed by atoms with Crippen LogP contribution in [0.4, 0.5) is 0 Å². The Bertz CT molecular complexity index is 1490. The number of aliphatic hydroxyl groups excluding tert-OH is 5. The molecule has 15 nitrogen and oxygen atoms in total. The van der Waals surface area contributed by atoms with Crippen molar-refractivity contribution in [3.8, 4) is 40.1 Å². The normalized spacial score (nSPS) is 32.2. The van der Waals surface area contributed by atoms with Gasteiger partial charge in [-0.1, -0.05) is 0 Å². The van der Waals surface area contributed by atoms with Crippen molar-refractivity contribution in [1.82, 2.24) is 0 Å². The second-order valence-corrected chi connectivity index (χ2v) is 9.79. The number of aliphatic hydroxyl groups is 5. The fourth-order valence-corrected chi connectivity index (χ4v) is 4.64. The van der Waals surface area contributed by atoms with Crippen LogP contribution >= 0.6 is 0 Å². The average Bonchev–Trinajstić information content (AvgIpc) is 2.92. The van der Waals surface area contributed by atoms with E-state index in [-0.39, 0.29) is 16.9 Å². The quantitative estimate of drug-likeness (QED) is 0.163. The zero-order valence-corrected chi connectivity index (χ0v) is 21.3. The third-order valence-electron chi connectivity index (χ3n) is 6.92. The number of hydrogen-bond donors (Lipinski definition) is 9. The van der Waals surface area contributed by atoms with Crippen molar-refractivity contribution in [2.24, 2.45) is 0 Å². The van der Waals surface area contributed by atoms with E-state index >= 15 is 0 Å². The van der Waals surface area contributed by atoms with Crippen LogP contribution in [0, 0.1) is 0 Å². The molecule has 15 heteroatoms. The maximum Gasteiger partial charge on any atom is 0.239 e. The molecule has 9 atom stereocenters. The minimum Gasteiger partial charge on any atom is -0.508 e. The highest BCUT2D eigenvalue weighted by atomic mass is 16.8. The first-order valence-electron chi connectivity index (χ1n) is 12.4. The van der Waals surface area contributed by atoms with Crippen molar-refractivity contribution in [3.05, 3.63) is 40.6 Å². The largest absolute Gasteiger partial charge is 0.508 e. The van der Waals surface area contributed by atoms with Crippen LogP contribution in [0.1, 0.15) is 6.92 Å². The van der Waals surface area contributed by atoms with Crippen LogP contribution in [0.2, 0.25) is 0 Å². The van der Waals surface area contributed by atoms with Crippen molar-refractivity contribution in [2.45, 2.75) is 62.2 Å². The maximum atomic E-state index is 13.7. The SMILES string of the molecule is C[C@@H]1O[C@H](Oc2c(-c3ccc(O)c(O)c3)oc3cc(O)cc(O)c3c2=O)[C@H](O[C@@H]2OC[C@@H](O)[C@H](O)[C@H]2O)[C@H](O)[C@H]1O. The van der Waals surface area contributed by atoms with Gasteiger partial charge < -0.3 is 69.3 Å². The molecule has 2 aliphatic heterocycles. The summed E-state index contributed by atoms with van der Waals surface area (Å²) in [5.74, 6) is -3.14. The van der Waals surface area contributed by atoms with Gasteiger partial charge in [-0.05, 0) is 25.1 Å². The van der Waals surface area contributed by atoms with Crippen molar-refractivity contribution in [1.29, 1.82) is 0 Å². The average molecular weight is 580 g/mol. The summed E-state index contributed by atoms with van der Waals surface area (Å²) < 4.78 is 28.2. The van der Waals surface area contributed by atoms with Crippen molar-refractivity contribution >= 4 is 11.0 Å². The number of ether oxygens (including phenoxy) is 4. The van der Waals surface area contributed by atoms with Crippen LogP contribution in [-0.2, 0) is 14.2 Å². The summed E-state index contributed by atoms with van der Waals surface area (Å²) in [7, 11) is 0. The monoisotopic (exact) mass is 580 g/mol. The highest BCUT2D eigenvalue weighted by Gasteiger charge is 2.49. The highest BCUT2D eigenvalue weighted by molar-refractivity contribution is 5.88. The molecule has 2 aromatic carbocycles. The molecule has 1 aromatic heterocycles. The number of benzene rings is 2. The molecule has 2 fully saturated rings. The molecule has 41 heavy (non-hydrogen) atoms. The second-order valence-electron chi connectivity index (χ2n) is 9.79. The minimum absolute atomic E-state index is 0.00203. The number of fused-ring (bicyclic) bond motifs is 1. The van der Waals surface area contributed by atoms with Crippen LogP contribution < -0.4 is 10.2 Å². The lowest BCUT2D eigenvalue weighted by Crippen LogP contribution is -2.62. The molecule has 9 N–H and O–H groups in total. The first-order valence-corrected chi connectivity index (χ1v) is 12.4. The Morgan fingerprint density at radius 2 is 1.56 bits per heavy atom. The van der Waals surface area contributed by atoms with Gasteiger partial charge in [0, 0.05) is 17.7 Å². The smallest absolute Gasteiger partial charge is 0.239 e. The summed E-state index contributed by atoms with van der Waals surface area (Å²) in [6, 6.07) is 5.36. The Morgan fingerprint density at radius 1 is 0.829 bits per heavy atom. The van der Waals surface area contributed by atoms with E-state index < -0.39 is 101 Å². The van der Waals surface area contributed by atoms with Crippen LogP contribution in [0.25, 0.3) is 22.3 Å². The Hall–Kier alpha value is -3.67. The van der Waals surface area contributed by atoms with E-state index in [0.717, 1.165) is 24.3 Å². The van der Waals surface area contributed by atoms with E-state index in [4.69, 9.17) is 23.4 Å². The molecule has 5 rings (SSSR count). The van der Waals surface area contributed by atoms with Gasteiger partial charge in [0.1, 0.15) is 53.0 Å². The van der Waals surface area contributed by atoms with Gasteiger partial charge in [-0.15, -0.1) is 0 Å². The standard InChI is InChI=1S/C26H28O15/c1-8-17(32)20(35)24(41-25-21(36)18(33)14(31)7-37-25)26(38-8)40-23-19(34)16-13(30)5-10(27)6-15(16)39-22(23)9-2-3-11(28)12(29)4-9/h2-6,8,14,17-18,20-21,24-33,35-36H,7H2,1H3/t8-,14+,17-,18-,20+,21+,24+,25-,26+/m0/s1. The van der Waals surface area contributed by atoms with E-state index in [1.165, 1.54) is 13.0 Å². The maximum absolute atomic E-state index is 13.7. The fraction of sp³-hybridized carbons (Fsp3) is 0.423. The molecule has 0 unspecified atom stereocenters. The number of phenolic OH excluding ortho intramolecular Hbond substituents is 4. The third kappa shape index (κ3) is 5.25. The molecule has 0 aliphatic carbocycles. The fourth-order valence-electron chi connectivity index (χ4n) is 4.64. The first-order chi connectivity index (χ1) is 19.4. The van der Waals surface area contributed by atoms with Crippen molar-refractivity contribution in [3.63, 3.8) is 0 Å². The third-order valence-corrected chi connectivity index (χ3v) is 6.92. The number of aromatic hydroxyl groups is 4. The Balaban J connectivity index is 1.61. The zero-order chi connectivity index (χ0) is 29.7. The minimum atomic E-state index is -1.78. The molecule has 2 saturated heterocycles. The molecule has 0 spiro atoms. The topological polar surface area (TPSA) is 249 Å². The molecule has 2 aliphatic rings. The molecule has 3 aromatic rings. The van der Waals surface area contributed by atoms with Crippen LogP contribution in [0.3, 0.4) is 0 Å². The number of rotatable bonds is 5. The van der Waals surface area contributed by atoms with Gasteiger partial charge >= 0.3 is 0 Å². The number of hydrogen-bond acceptors (Lipinski definition) is 15. The van der Waals surface area contributed by atoms with Gasteiger partial charge in [0.05, 0.1) is 12.7 Å². The Kier molecular flexibility index (Phi) is 7.71. The molecule has 0 radical (unpaired) electrons. The Morgan fingerprint density at radius 3 is 2.27 bits per heavy atom. The predicted octanol–water partition coefficient (Wildman–Crippen LogP) is -1.05. The second kappa shape index (κ2) is 11.0. The lowest BCUT2D eigenvalue weighted by molar-refractivity contribution is -0.341. The molecular weight excluding hydrogens is 552 g/mol. The van der Waals surface area contributed by atoms with E-state index in [9.17, 15) is 50.8 Å². The molecule has 0 saturated carbocycles. The predicted molar refractivity (Wildman–Crippen MR) is 134 cm³/mol. The first kappa shape index (κ1) is 28.8. The molecule has 0 bridgehead atoms. The summed E-state index contributed by atoms with van der Waals surface area (Å²) in [6.45, 7) is 0.953. The van der Waals surface area contributed by atoms with Gasteiger partial charge in [-0.25, -0.2) is 0 Å². The van der Waals surface area contributed by atoms with Crippen molar-refractivity contribution < 1.29 is 69.3 Å². The van der Waals surface area contributed by atoms with Crippen LogP contribution in [0.5, 0.6) is 28.7 Å². The van der Waals surface area contributed by atoms with E-state index in [1.807, 2.05) is 0 Å². The van der Waals surface area contributed by atoms with E-state index in [2.05, 4.69) is 0 Å². The number of phenols is 4. The summed E-state index contributed by atoms with van der Waals surface area (Å²) in [6.07, 6.45) is -14.3. The van der Waals surface area contributed by atoms with Crippen LogP contribution in [-0.4, -0.2) is 108 Å². The van der Waals surface area contributed by atoms with Gasteiger partial charge in [-0.3, -0.25) is 4.79 Å². The molecule has 222 valence electrons. The summed E-state index contributed by atoms with van der Waals surface area (Å²) >= 11 is 0. The summed E-state index contributed by atoms with van der Waals surface area (Å²) in [5.41, 5.74) is -1.24. The zero-order valence-electron chi connectivity index (χ0n) is 21.3. The summed E-state index contributed by atoms with van der Waals surface area (Å²) in [5, 5.41) is 91.1. The van der Waals surface area contributed by atoms with Gasteiger partial charge in [0.25, 0.3) is 0 Å². The molecule has 0 amide bonds. The van der Waals surface area contributed by atoms with E-state index in [1.54, 1.807) is 0 Å². The Labute approximate surface area is 230 Å². The highest BCUT2D eigenvalue weighted by Crippen LogP contribution is 2.39.